The summed E-state index contributed by atoms with van der Waals surface area (Å²) >= 11 is 1.91. The molecule has 1 atom stereocenters. The van der Waals surface area contributed by atoms with Crippen LogP contribution in [0, 0.1) is 0 Å². The molecule has 0 spiro atoms. The van der Waals surface area contributed by atoms with Crippen LogP contribution in [0.15, 0.2) is 0 Å². The minimum Gasteiger partial charge on any atom is -0.314 e. The summed E-state index contributed by atoms with van der Waals surface area (Å²) in [6.07, 6.45) is 6.34. The zero-order valence-electron chi connectivity index (χ0n) is 8.88. The van der Waals surface area contributed by atoms with Crippen LogP contribution in [0.5, 0.6) is 0 Å². The molecule has 1 saturated heterocycles. The number of piperidine rings is 1. The van der Waals surface area contributed by atoms with Crippen LogP contribution in [0.1, 0.15) is 19.3 Å². The van der Waals surface area contributed by atoms with Gasteiger partial charge < -0.3 is 10.2 Å². The fraction of sp³-hybridized carbons (Fsp3) is 1.00. The Kier molecular flexibility index (Phi) is 5.83. The maximum atomic E-state index is 3.52. The summed E-state index contributed by atoms with van der Waals surface area (Å²) in [5.41, 5.74) is 0. The lowest BCUT2D eigenvalue weighted by Crippen LogP contribution is -2.43. The first kappa shape index (κ1) is 11.3. The van der Waals surface area contributed by atoms with Crippen molar-refractivity contribution in [2.24, 2.45) is 0 Å². The van der Waals surface area contributed by atoms with Crippen LogP contribution in [0.4, 0.5) is 0 Å². The highest BCUT2D eigenvalue weighted by molar-refractivity contribution is 7.98. The van der Waals surface area contributed by atoms with Gasteiger partial charge in [-0.15, -0.1) is 0 Å². The third kappa shape index (κ3) is 4.34. The van der Waals surface area contributed by atoms with Crippen molar-refractivity contribution in [1.82, 2.24) is 10.2 Å². The first-order chi connectivity index (χ1) is 6.34. The summed E-state index contributed by atoms with van der Waals surface area (Å²) in [6.45, 7) is 3.62. The molecule has 0 aromatic carbocycles. The molecule has 1 heterocycles. The molecule has 2 nitrogen and oxygen atoms in total. The second-order valence-corrected chi connectivity index (χ2v) is 4.81. The fourth-order valence-corrected chi connectivity index (χ4v) is 2.19. The summed E-state index contributed by atoms with van der Waals surface area (Å²) in [6, 6.07) is 0.788. The third-order valence-corrected chi connectivity index (χ3v) is 3.40. The first-order valence-electron chi connectivity index (χ1n) is 5.24. The molecular formula is C10H22N2S. The highest BCUT2D eigenvalue weighted by atomic mass is 32.2. The Bertz CT molecular complexity index is 130. The molecule has 78 valence electrons. The topological polar surface area (TPSA) is 15.3 Å². The van der Waals surface area contributed by atoms with Crippen molar-refractivity contribution in [2.45, 2.75) is 25.3 Å². The van der Waals surface area contributed by atoms with Crippen LogP contribution in [0.25, 0.3) is 0 Å². The van der Waals surface area contributed by atoms with Gasteiger partial charge in [0.05, 0.1) is 0 Å². The maximum absolute atomic E-state index is 3.52. The van der Waals surface area contributed by atoms with E-state index in [-0.39, 0.29) is 0 Å². The van der Waals surface area contributed by atoms with E-state index in [0.29, 0.717) is 0 Å². The molecule has 1 rings (SSSR count). The van der Waals surface area contributed by atoms with E-state index >= 15 is 0 Å². The van der Waals surface area contributed by atoms with E-state index < -0.39 is 0 Å². The third-order valence-electron chi connectivity index (χ3n) is 2.78. The number of likely N-dealkylation sites (N-methyl/N-ethyl adjacent to an activating group) is 1. The number of likely N-dealkylation sites (tertiary alicyclic amines) is 1. The van der Waals surface area contributed by atoms with Gasteiger partial charge in [0.1, 0.15) is 0 Å². The van der Waals surface area contributed by atoms with Crippen molar-refractivity contribution in [2.75, 3.05) is 38.7 Å². The standard InChI is InChI=1S/C10H22N2S/c1-12-7-4-3-5-10(12)9-11-6-8-13-2/h10-11H,3-9H2,1-2H3. The Labute approximate surface area is 86.5 Å². The number of nitrogens with zero attached hydrogens (tertiary/aromatic N) is 1. The molecule has 0 radical (unpaired) electrons. The second-order valence-electron chi connectivity index (χ2n) is 3.83. The van der Waals surface area contributed by atoms with Gasteiger partial charge in [-0.25, -0.2) is 0 Å². The molecule has 0 bridgehead atoms. The smallest absolute Gasteiger partial charge is 0.0217 e. The van der Waals surface area contributed by atoms with Gasteiger partial charge in [0.15, 0.2) is 0 Å². The van der Waals surface area contributed by atoms with Gasteiger partial charge in [-0.05, 0) is 32.7 Å². The highest BCUT2D eigenvalue weighted by Gasteiger charge is 2.17. The van der Waals surface area contributed by atoms with Crippen LogP contribution in [0.2, 0.25) is 0 Å². The van der Waals surface area contributed by atoms with Gasteiger partial charge in [-0.2, -0.15) is 11.8 Å². The summed E-state index contributed by atoms with van der Waals surface area (Å²) in [5, 5.41) is 3.52. The van der Waals surface area contributed by atoms with Crippen molar-refractivity contribution in [3.8, 4) is 0 Å². The van der Waals surface area contributed by atoms with Crippen molar-refractivity contribution in [3.63, 3.8) is 0 Å². The average molecular weight is 202 g/mol. The van der Waals surface area contributed by atoms with Gasteiger partial charge in [0.2, 0.25) is 0 Å². The van der Waals surface area contributed by atoms with E-state index in [1.807, 2.05) is 11.8 Å². The molecule has 1 aliphatic rings. The Hall–Kier alpha value is 0.270. The largest absolute Gasteiger partial charge is 0.314 e. The fourth-order valence-electron chi connectivity index (χ4n) is 1.84. The van der Waals surface area contributed by atoms with Crippen LogP contribution in [-0.2, 0) is 0 Å². The summed E-state index contributed by atoms with van der Waals surface area (Å²) in [4.78, 5) is 2.50. The Morgan fingerprint density at radius 3 is 3.00 bits per heavy atom. The quantitative estimate of drug-likeness (QED) is 0.679. The van der Waals surface area contributed by atoms with E-state index in [2.05, 4.69) is 23.5 Å². The van der Waals surface area contributed by atoms with Crippen LogP contribution < -0.4 is 5.32 Å². The lowest BCUT2D eigenvalue weighted by Gasteiger charge is -2.32. The zero-order chi connectivity index (χ0) is 9.52. The first-order valence-corrected chi connectivity index (χ1v) is 6.64. The van der Waals surface area contributed by atoms with E-state index in [9.17, 15) is 0 Å². The Balaban J connectivity index is 2.05. The molecule has 1 N–H and O–H groups in total. The number of nitrogens with one attached hydrogen (secondary N) is 1. The molecule has 3 heteroatoms. The van der Waals surface area contributed by atoms with Crippen LogP contribution >= 0.6 is 11.8 Å². The molecule has 0 aromatic heterocycles. The minimum absolute atomic E-state index is 0.788. The number of rotatable bonds is 5. The number of hydrogen-bond acceptors (Lipinski definition) is 3. The molecule has 0 aliphatic carbocycles. The number of hydrogen-bond donors (Lipinski definition) is 1. The highest BCUT2D eigenvalue weighted by Crippen LogP contribution is 2.13. The van der Waals surface area contributed by atoms with Gasteiger partial charge >= 0.3 is 0 Å². The SMILES string of the molecule is CSCCNCC1CCCCN1C. The molecule has 0 aromatic rings. The normalized spacial score (nSPS) is 24.9. The molecule has 0 saturated carbocycles. The lowest BCUT2D eigenvalue weighted by atomic mass is 10.0. The predicted octanol–water partition coefficient (Wildman–Crippen LogP) is 1.42. The molecular weight excluding hydrogens is 180 g/mol. The summed E-state index contributed by atoms with van der Waals surface area (Å²) in [7, 11) is 2.25. The maximum Gasteiger partial charge on any atom is 0.0217 e. The van der Waals surface area contributed by atoms with Gasteiger partial charge in [-0.3, -0.25) is 0 Å². The summed E-state index contributed by atoms with van der Waals surface area (Å²) in [5.74, 6) is 1.23. The average Bonchev–Trinajstić information content (AvgIpc) is 2.15. The lowest BCUT2D eigenvalue weighted by molar-refractivity contribution is 0.182. The summed E-state index contributed by atoms with van der Waals surface area (Å²) < 4.78 is 0. The van der Waals surface area contributed by atoms with Crippen molar-refractivity contribution < 1.29 is 0 Å². The van der Waals surface area contributed by atoms with Gasteiger partial charge in [0.25, 0.3) is 0 Å². The number of thioether (sulfide) groups is 1. The molecule has 13 heavy (non-hydrogen) atoms. The van der Waals surface area contributed by atoms with Crippen molar-refractivity contribution in [1.29, 1.82) is 0 Å². The zero-order valence-corrected chi connectivity index (χ0v) is 9.70. The molecule has 1 unspecified atom stereocenters. The molecule has 1 fully saturated rings. The van der Waals surface area contributed by atoms with Gasteiger partial charge in [0, 0.05) is 24.9 Å². The second kappa shape index (κ2) is 6.68. The van der Waals surface area contributed by atoms with E-state index in [1.54, 1.807) is 0 Å². The van der Waals surface area contributed by atoms with E-state index in [4.69, 9.17) is 0 Å². The minimum atomic E-state index is 0.788. The molecule has 1 aliphatic heterocycles. The van der Waals surface area contributed by atoms with E-state index in [0.717, 1.165) is 12.6 Å². The van der Waals surface area contributed by atoms with Gasteiger partial charge in [-0.1, -0.05) is 6.42 Å². The van der Waals surface area contributed by atoms with Crippen molar-refractivity contribution >= 4 is 11.8 Å². The predicted molar refractivity (Wildman–Crippen MR) is 61.5 cm³/mol. The van der Waals surface area contributed by atoms with Crippen LogP contribution in [0.3, 0.4) is 0 Å². The monoisotopic (exact) mass is 202 g/mol. The van der Waals surface area contributed by atoms with Crippen molar-refractivity contribution in [3.05, 3.63) is 0 Å². The Morgan fingerprint density at radius 1 is 1.46 bits per heavy atom. The Morgan fingerprint density at radius 2 is 2.31 bits per heavy atom. The van der Waals surface area contributed by atoms with Crippen LogP contribution in [-0.4, -0.2) is 49.6 Å². The van der Waals surface area contributed by atoms with E-state index in [1.165, 1.54) is 38.1 Å². The molecule has 0 amide bonds.